The largest absolute Gasteiger partial charge is 0.381 e. The van der Waals surface area contributed by atoms with Crippen LogP contribution in [0.2, 0.25) is 0 Å². The van der Waals surface area contributed by atoms with Gasteiger partial charge in [-0.15, -0.1) is 11.3 Å². The Morgan fingerprint density at radius 1 is 1.27 bits per heavy atom. The minimum absolute atomic E-state index is 0.0181. The second-order valence-electron chi connectivity index (χ2n) is 6.14. The first-order valence-corrected chi connectivity index (χ1v) is 8.78. The van der Waals surface area contributed by atoms with Gasteiger partial charge in [0.25, 0.3) is 5.91 Å². The molecule has 0 N–H and O–H groups in total. The Hall–Kier alpha value is -1.47. The second-order valence-corrected chi connectivity index (χ2v) is 6.86. The van der Waals surface area contributed by atoms with Crippen molar-refractivity contribution < 1.29 is 14.3 Å². The number of rotatable bonds is 2. The first kappa shape index (κ1) is 14.1. The van der Waals surface area contributed by atoms with Crippen LogP contribution in [-0.4, -0.2) is 64.5 Å². The average Bonchev–Trinajstić information content (AvgIpc) is 3.23. The van der Waals surface area contributed by atoms with Crippen molar-refractivity contribution in [3.63, 3.8) is 0 Å². The molecule has 4 rings (SSSR count). The van der Waals surface area contributed by atoms with Gasteiger partial charge in [-0.2, -0.15) is 0 Å². The highest BCUT2D eigenvalue weighted by atomic mass is 32.1. The van der Waals surface area contributed by atoms with Gasteiger partial charge in [0, 0.05) is 37.6 Å². The van der Waals surface area contributed by atoms with Crippen molar-refractivity contribution in [1.29, 1.82) is 0 Å². The Labute approximate surface area is 133 Å². The van der Waals surface area contributed by atoms with Crippen LogP contribution in [-0.2, 0) is 9.53 Å². The van der Waals surface area contributed by atoms with Crippen molar-refractivity contribution in [2.24, 2.45) is 0 Å². The Morgan fingerprint density at radius 2 is 2.09 bits per heavy atom. The van der Waals surface area contributed by atoms with Crippen molar-refractivity contribution in [3.05, 3.63) is 16.6 Å². The Balaban J connectivity index is 1.52. The number of likely N-dealkylation sites (tertiary alicyclic amines) is 2. The summed E-state index contributed by atoms with van der Waals surface area (Å²) in [7, 11) is 0. The van der Waals surface area contributed by atoms with E-state index in [2.05, 4.69) is 9.88 Å². The summed E-state index contributed by atoms with van der Waals surface area (Å²) in [6.07, 6.45) is 3.16. The molecule has 0 bridgehead atoms. The molecule has 2 amide bonds. The van der Waals surface area contributed by atoms with Gasteiger partial charge in [0.2, 0.25) is 5.91 Å². The minimum Gasteiger partial charge on any atom is -0.381 e. The molecule has 3 aliphatic heterocycles. The molecule has 6 nitrogen and oxygen atoms in total. The highest BCUT2D eigenvalue weighted by Crippen LogP contribution is 2.36. The van der Waals surface area contributed by atoms with E-state index in [9.17, 15) is 9.59 Å². The third-order valence-corrected chi connectivity index (χ3v) is 5.62. The summed E-state index contributed by atoms with van der Waals surface area (Å²) in [5.41, 5.74) is 2.18. The summed E-state index contributed by atoms with van der Waals surface area (Å²) in [6.45, 7) is 2.18. The number of ether oxygens (including phenoxy) is 1. The first-order chi connectivity index (χ1) is 10.8. The molecule has 1 aromatic rings. The van der Waals surface area contributed by atoms with Gasteiger partial charge in [0.15, 0.2) is 0 Å². The summed E-state index contributed by atoms with van der Waals surface area (Å²) < 4.78 is 5.40. The predicted octanol–water partition coefficient (Wildman–Crippen LogP) is 1.14. The van der Waals surface area contributed by atoms with E-state index >= 15 is 0 Å². The number of thiazole rings is 1. The molecule has 3 aliphatic rings. The molecule has 0 saturated carbocycles. The lowest BCUT2D eigenvalue weighted by Crippen LogP contribution is -2.46. The van der Waals surface area contributed by atoms with Gasteiger partial charge >= 0.3 is 0 Å². The predicted molar refractivity (Wildman–Crippen MR) is 80.6 cm³/mol. The SMILES string of the molecule is O=C(c1cscn1)N1CC[C@H]2[C@@H]1CC(=O)N2C1CCOCC1. The van der Waals surface area contributed by atoms with Crippen LogP contribution in [0.3, 0.4) is 0 Å². The molecule has 0 unspecified atom stereocenters. The molecule has 0 radical (unpaired) electrons. The summed E-state index contributed by atoms with van der Waals surface area (Å²) in [5.74, 6) is 0.160. The van der Waals surface area contributed by atoms with E-state index in [0.717, 1.165) is 39.0 Å². The average molecular weight is 321 g/mol. The molecule has 3 saturated heterocycles. The number of carbonyl (C=O) groups is 2. The number of aromatic nitrogens is 1. The van der Waals surface area contributed by atoms with Crippen LogP contribution in [0.1, 0.15) is 36.2 Å². The Kier molecular flexibility index (Phi) is 3.62. The van der Waals surface area contributed by atoms with Crippen LogP contribution in [0.4, 0.5) is 0 Å². The normalized spacial score (nSPS) is 29.2. The highest BCUT2D eigenvalue weighted by molar-refractivity contribution is 7.07. The van der Waals surface area contributed by atoms with Gasteiger partial charge in [-0.25, -0.2) is 4.98 Å². The minimum atomic E-state index is -0.0321. The Morgan fingerprint density at radius 3 is 2.82 bits per heavy atom. The third kappa shape index (κ3) is 2.23. The number of fused-ring (bicyclic) bond motifs is 1. The van der Waals surface area contributed by atoms with Crippen LogP contribution in [0.25, 0.3) is 0 Å². The standard InChI is InChI=1S/C15H19N3O3S/c19-14-7-13-12(18(14)10-2-5-21-6-3-10)1-4-17(13)15(20)11-8-22-9-16-11/h8-10,12-13H,1-7H2/t12-,13-/m0/s1. The fourth-order valence-corrected chi connectivity index (χ4v) is 4.56. The van der Waals surface area contributed by atoms with Crippen LogP contribution in [0.5, 0.6) is 0 Å². The number of nitrogens with zero attached hydrogens (tertiary/aromatic N) is 3. The number of carbonyl (C=O) groups excluding carboxylic acids is 2. The number of hydrogen-bond acceptors (Lipinski definition) is 5. The zero-order chi connectivity index (χ0) is 15.1. The maximum Gasteiger partial charge on any atom is 0.273 e. The molecule has 22 heavy (non-hydrogen) atoms. The lowest BCUT2D eigenvalue weighted by Gasteiger charge is -2.35. The number of hydrogen-bond donors (Lipinski definition) is 0. The van der Waals surface area contributed by atoms with E-state index in [4.69, 9.17) is 4.74 Å². The summed E-state index contributed by atoms with van der Waals surface area (Å²) >= 11 is 1.43. The fourth-order valence-electron chi connectivity index (χ4n) is 4.03. The van der Waals surface area contributed by atoms with Crippen LogP contribution in [0.15, 0.2) is 10.9 Å². The van der Waals surface area contributed by atoms with Crippen molar-refractivity contribution in [3.8, 4) is 0 Å². The van der Waals surface area contributed by atoms with E-state index in [1.54, 1.807) is 10.9 Å². The van der Waals surface area contributed by atoms with E-state index in [1.165, 1.54) is 11.3 Å². The quantitative estimate of drug-likeness (QED) is 0.819. The number of amides is 2. The summed E-state index contributed by atoms with van der Waals surface area (Å²) in [5, 5.41) is 1.78. The zero-order valence-electron chi connectivity index (χ0n) is 12.3. The molecule has 118 valence electrons. The highest BCUT2D eigenvalue weighted by Gasteiger charge is 2.50. The lowest BCUT2D eigenvalue weighted by molar-refractivity contribution is -0.133. The van der Waals surface area contributed by atoms with Crippen LogP contribution < -0.4 is 0 Å². The fraction of sp³-hybridized carbons (Fsp3) is 0.667. The lowest BCUT2D eigenvalue weighted by atomic mass is 10.0. The molecule has 7 heteroatoms. The van der Waals surface area contributed by atoms with Crippen molar-refractivity contribution in [2.75, 3.05) is 19.8 Å². The molecule has 3 fully saturated rings. The van der Waals surface area contributed by atoms with E-state index in [0.29, 0.717) is 12.1 Å². The molecule has 0 aliphatic carbocycles. The summed E-state index contributed by atoms with van der Waals surface area (Å²) in [6, 6.07) is 0.480. The monoisotopic (exact) mass is 321 g/mol. The maximum atomic E-state index is 12.6. The van der Waals surface area contributed by atoms with Gasteiger partial charge in [-0.05, 0) is 19.3 Å². The van der Waals surface area contributed by atoms with Crippen molar-refractivity contribution >= 4 is 23.2 Å². The topological polar surface area (TPSA) is 62.7 Å². The van der Waals surface area contributed by atoms with E-state index < -0.39 is 0 Å². The molecule has 0 spiro atoms. The molecule has 0 aromatic carbocycles. The molecule has 1 aromatic heterocycles. The van der Waals surface area contributed by atoms with Gasteiger partial charge in [0.1, 0.15) is 5.69 Å². The summed E-state index contributed by atoms with van der Waals surface area (Å²) in [4.78, 5) is 33.1. The maximum absolute atomic E-state index is 12.6. The molecule has 2 atom stereocenters. The van der Waals surface area contributed by atoms with Gasteiger partial charge < -0.3 is 14.5 Å². The second kappa shape index (κ2) is 5.62. The first-order valence-electron chi connectivity index (χ1n) is 7.84. The third-order valence-electron chi connectivity index (χ3n) is 5.04. The Bertz CT molecular complexity index is 571. The van der Waals surface area contributed by atoms with E-state index in [1.807, 2.05) is 4.90 Å². The smallest absolute Gasteiger partial charge is 0.273 e. The molecule has 4 heterocycles. The zero-order valence-corrected chi connectivity index (χ0v) is 13.1. The van der Waals surface area contributed by atoms with E-state index in [-0.39, 0.29) is 29.9 Å². The molecular formula is C15H19N3O3S. The van der Waals surface area contributed by atoms with Crippen LogP contribution >= 0.6 is 11.3 Å². The van der Waals surface area contributed by atoms with Crippen molar-refractivity contribution in [2.45, 2.75) is 43.8 Å². The van der Waals surface area contributed by atoms with Crippen molar-refractivity contribution in [1.82, 2.24) is 14.8 Å². The molecular weight excluding hydrogens is 302 g/mol. The van der Waals surface area contributed by atoms with Gasteiger partial charge in [-0.1, -0.05) is 0 Å². The van der Waals surface area contributed by atoms with Gasteiger partial charge in [-0.3, -0.25) is 9.59 Å². The van der Waals surface area contributed by atoms with Crippen LogP contribution in [0, 0.1) is 0 Å². The van der Waals surface area contributed by atoms with Gasteiger partial charge in [0.05, 0.1) is 17.6 Å².